The molecule has 3 heterocycles. The molecule has 6 rings (SSSR count). The Morgan fingerprint density at radius 2 is 1.86 bits per heavy atom. The van der Waals surface area contributed by atoms with Gasteiger partial charge in [0, 0.05) is 36.0 Å². The maximum absolute atomic E-state index is 14.7. The zero-order valence-corrected chi connectivity index (χ0v) is 23.8. The zero-order valence-electron chi connectivity index (χ0n) is 23.8. The van der Waals surface area contributed by atoms with Crippen LogP contribution in [0.5, 0.6) is 11.6 Å². The number of ether oxygens (including phenoxy) is 2. The highest BCUT2D eigenvalue weighted by Crippen LogP contribution is 2.38. The van der Waals surface area contributed by atoms with E-state index in [4.69, 9.17) is 15.2 Å². The van der Waals surface area contributed by atoms with Gasteiger partial charge in [0.25, 0.3) is 0 Å². The Labute approximate surface area is 251 Å². The average molecular weight is 598 g/mol. The Bertz CT molecular complexity index is 1810. The van der Waals surface area contributed by atoms with Gasteiger partial charge in [0.2, 0.25) is 11.8 Å². The van der Waals surface area contributed by atoms with Crippen molar-refractivity contribution >= 4 is 28.5 Å². The van der Waals surface area contributed by atoms with Gasteiger partial charge >= 0.3 is 6.09 Å². The number of hydrogen-bond donors (Lipinski definition) is 2. The lowest BCUT2D eigenvalue weighted by Gasteiger charge is -2.34. The summed E-state index contributed by atoms with van der Waals surface area (Å²) in [4.78, 5) is 23.0. The van der Waals surface area contributed by atoms with Gasteiger partial charge in [-0.1, -0.05) is 42.5 Å². The number of amides is 1. The molecule has 2 aromatic heterocycles. The minimum atomic E-state index is -1.25. The number of nitrogens with zero attached hydrogens (tertiary/aromatic N) is 5. The minimum Gasteiger partial charge on any atom is -0.445 e. The quantitative estimate of drug-likeness (QED) is 0.215. The van der Waals surface area contributed by atoms with Crippen molar-refractivity contribution in [2.75, 3.05) is 24.1 Å². The number of carbonyl (C=O) groups excluding carboxylic acids is 1. The molecular formula is C32H29F2N7O3. The van der Waals surface area contributed by atoms with Gasteiger partial charge in [-0.15, -0.1) is 5.10 Å². The summed E-state index contributed by atoms with van der Waals surface area (Å²) in [5.41, 5.74) is 8.64. The second kappa shape index (κ2) is 12.5. The van der Waals surface area contributed by atoms with Crippen LogP contribution in [0.3, 0.4) is 0 Å². The number of rotatable bonds is 7. The number of anilines is 2. The fourth-order valence-corrected chi connectivity index (χ4v) is 5.17. The van der Waals surface area contributed by atoms with Crippen molar-refractivity contribution in [2.45, 2.75) is 32.2 Å². The molecule has 0 bridgehead atoms. The number of benzene rings is 3. The molecule has 1 aliphatic heterocycles. The van der Waals surface area contributed by atoms with Gasteiger partial charge in [-0.25, -0.2) is 23.5 Å². The molecule has 0 spiro atoms. The van der Waals surface area contributed by atoms with Crippen molar-refractivity contribution in [1.29, 1.82) is 0 Å². The molecule has 1 saturated heterocycles. The molecule has 3 aromatic carbocycles. The summed E-state index contributed by atoms with van der Waals surface area (Å²) < 4.78 is 40.5. The Kier molecular flexibility index (Phi) is 8.13. The number of nitrogens with one attached hydrogen (secondary N) is 1. The van der Waals surface area contributed by atoms with E-state index in [1.807, 2.05) is 37.3 Å². The van der Waals surface area contributed by atoms with Crippen LogP contribution < -0.4 is 15.8 Å². The Morgan fingerprint density at radius 1 is 1.05 bits per heavy atom. The fraction of sp³-hybridized carbons (Fsp3) is 0.219. The molecular weight excluding hydrogens is 568 g/mol. The normalized spacial score (nSPS) is 16.5. The lowest BCUT2D eigenvalue weighted by Crippen LogP contribution is -2.50. The number of carbonyl (C=O) groups is 1. The van der Waals surface area contributed by atoms with E-state index in [2.05, 4.69) is 25.5 Å². The van der Waals surface area contributed by atoms with E-state index in [0.717, 1.165) is 11.1 Å². The molecule has 5 aromatic rings. The van der Waals surface area contributed by atoms with Crippen LogP contribution in [0.15, 0.2) is 79.1 Å². The van der Waals surface area contributed by atoms with Crippen LogP contribution in [0.1, 0.15) is 17.5 Å². The van der Waals surface area contributed by atoms with E-state index < -0.39 is 24.1 Å². The standard InChI is InChI=1S/C32H29F2N7O3/c1-19-7-8-23-24(9-10-26(34)28(23)35)29(19)44-30-25(11-14-37-40-30)27-12-13-36-31(39-27)38-22-15-21(33)16-41(17-22)32(42)43-18-20-5-3-2-4-6-20/h2-14,21-22H,15-18,35H2,1H3,(H,36,38,39)/t21-,22-/m0/s1. The number of nitrogen functional groups attached to an aromatic ring is 1. The molecule has 3 N–H and O–H groups in total. The summed E-state index contributed by atoms with van der Waals surface area (Å²) in [6, 6.07) is 18.7. The van der Waals surface area contributed by atoms with E-state index >= 15 is 0 Å². The number of alkyl halides is 1. The molecule has 12 heteroatoms. The lowest BCUT2D eigenvalue weighted by molar-refractivity contribution is 0.0685. The third-order valence-corrected chi connectivity index (χ3v) is 7.35. The van der Waals surface area contributed by atoms with Gasteiger partial charge in [0.05, 0.1) is 29.7 Å². The molecule has 2 atom stereocenters. The van der Waals surface area contributed by atoms with Crippen molar-refractivity contribution in [3.8, 4) is 22.9 Å². The highest BCUT2D eigenvalue weighted by molar-refractivity contribution is 5.98. The van der Waals surface area contributed by atoms with Crippen LogP contribution in [0, 0.1) is 12.7 Å². The summed E-state index contributed by atoms with van der Waals surface area (Å²) in [6.45, 7) is 2.13. The highest BCUT2D eigenvalue weighted by atomic mass is 19.1. The molecule has 1 fully saturated rings. The van der Waals surface area contributed by atoms with Crippen molar-refractivity contribution in [3.05, 3.63) is 96.1 Å². The van der Waals surface area contributed by atoms with Crippen LogP contribution in [0.2, 0.25) is 0 Å². The second-order valence-electron chi connectivity index (χ2n) is 10.5. The number of likely N-dealkylation sites (tertiary alicyclic amines) is 1. The van der Waals surface area contributed by atoms with Gasteiger partial charge < -0.3 is 25.4 Å². The lowest BCUT2D eigenvalue weighted by atomic mass is 10.0. The Morgan fingerprint density at radius 3 is 2.70 bits per heavy atom. The number of aryl methyl sites for hydroxylation is 1. The van der Waals surface area contributed by atoms with Gasteiger partial charge in [-0.05, 0) is 42.3 Å². The maximum atomic E-state index is 14.7. The van der Waals surface area contributed by atoms with Crippen LogP contribution >= 0.6 is 0 Å². The monoisotopic (exact) mass is 597 g/mol. The van der Waals surface area contributed by atoms with Crippen molar-refractivity contribution in [2.24, 2.45) is 0 Å². The van der Waals surface area contributed by atoms with Crippen LogP contribution in [-0.2, 0) is 11.3 Å². The molecule has 0 radical (unpaired) electrons. The molecule has 0 unspecified atom stereocenters. The van der Waals surface area contributed by atoms with Gasteiger partial charge in [0.1, 0.15) is 24.3 Å². The predicted octanol–water partition coefficient (Wildman–Crippen LogP) is 6.07. The first-order valence-electron chi connectivity index (χ1n) is 14.0. The largest absolute Gasteiger partial charge is 0.445 e. The van der Waals surface area contributed by atoms with E-state index in [1.165, 1.54) is 17.2 Å². The van der Waals surface area contributed by atoms with E-state index in [-0.39, 0.29) is 43.6 Å². The summed E-state index contributed by atoms with van der Waals surface area (Å²) >= 11 is 0. The maximum Gasteiger partial charge on any atom is 0.410 e. The molecule has 0 aliphatic carbocycles. The van der Waals surface area contributed by atoms with E-state index in [9.17, 15) is 13.6 Å². The molecule has 0 saturated carbocycles. The first-order valence-corrected chi connectivity index (χ1v) is 14.0. The SMILES string of the molecule is Cc1ccc2c(N)c(F)ccc2c1Oc1nnccc1-c1ccnc(N[C@H]2C[C@H](F)CN(C(=O)OCc3ccccc3)C2)n1. The average Bonchev–Trinajstić information content (AvgIpc) is 3.03. The summed E-state index contributed by atoms with van der Waals surface area (Å²) in [7, 11) is 0. The second-order valence-corrected chi connectivity index (χ2v) is 10.5. The number of piperidine rings is 1. The first-order chi connectivity index (χ1) is 21.4. The fourth-order valence-electron chi connectivity index (χ4n) is 5.17. The predicted molar refractivity (Wildman–Crippen MR) is 161 cm³/mol. The Balaban J connectivity index is 1.20. The summed E-state index contributed by atoms with van der Waals surface area (Å²) in [6.07, 6.45) is 1.41. The molecule has 10 nitrogen and oxygen atoms in total. The third-order valence-electron chi connectivity index (χ3n) is 7.35. The smallest absolute Gasteiger partial charge is 0.410 e. The van der Waals surface area contributed by atoms with Crippen LogP contribution in [0.4, 0.5) is 25.2 Å². The third kappa shape index (κ3) is 6.19. The number of hydrogen-bond acceptors (Lipinski definition) is 9. The van der Waals surface area contributed by atoms with Crippen LogP contribution in [-0.4, -0.2) is 56.5 Å². The van der Waals surface area contributed by atoms with Gasteiger partial charge in [0.15, 0.2) is 0 Å². The van der Waals surface area contributed by atoms with Gasteiger partial charge in [-0.2, -0.15) is 5.10 Å². The number of aromatic nitrogens is 4. The first kappa shape index (κ1) is 28.7. The minimum absolute atomic E-state index is 0.0273. The number of halogens is 2. The van der Waals surface area contributed by atoms with E-state index in [0.29, 0.717) is 27.8 Å². The number of nitrogens with two attached hydrogens (primary N) is 1. The van der Waals surface area contributed by atoms with E-state index in [1.54, 1.807) is 36.5 Å². The van der Waals surface area contributed by atoms with Crippen molar-refractivity contribution in [1.82, 2.24) is 25.1 Å². The molecule has 44 heavy (non-hydrogen) atoms. The van der Waals surface area contributed by atoms with Crippen molar-refractivity contribution in [3.63, 3.8) is 0 Å². The summed E-state index contributed by atoms with van der Waals surface area (Å²) in [5.74, 6) is 0.354. The molecule has 1 amide bonds. The summed E-state index contributed by atoms with van der Waals surface area (Å²) in [5, 5.41) is 12.5. The van der Waals surface area contributed by atoms with Crippen LogP contribution in [0.25, 0.3) is 22.0 Å². The molecule has 224 valence electrons. The number of fused-ring (bicyclic) bond motifs is 1. The topological polar surface area (TPSA) is 128 Å². The highest BCUT2D eigenvalue weighted by Gasteiger charge is 2.31. The zero-order chi connectivity index (χ0) is 30.6. The Hall–Kier alpha value is -5.39. The van der Waals surface area contributed by atoms with Crippen molar-refractivity contribution < 1.29 is 23.0 Å². The van der Waals surface area contributed by atoms with Gasteiger partial charge in [-0.3, -0.25) is 0 Å². The molecule has 1 aliphatic rings.